The van der Waals surface area contributed by atoms with Crippen LogP contribution in [0.5, 0.6) is 0 Å². The zero-order chi connectivity index (χ0) is 18.9. The van der Waals surface area contributed by atoms with Crippen LogP contribution in [-0.2, 0) is 19.1 Å². The third-order valence-corrected chi connectivity index (χ3v) is 7.26. The van der Waals surface area contributed by atoms with Crippen molar-refractivity contribution in [2.75, 3.05) is 13.2 Å². The highest BCUT2D eigenvalue weighted by Crippen LogP contribution is 2.62. The van der Waals surface area contributed by atoms with E-state index in [1.54, 1.807) is 0 Å². The number of cyclic esters (lactones) is 1. The summed E-state index contributed by atoms with van der Waals surface area (Å²) in [6.07, 6.45) is 9.23. The maximum Gasteiger partial charge on any atom is 0.334 e. The highest BCUT2D eigenvalue weighted by Gasteiger charge is 2.54. The molecule has 0 radical (unpaired) electrons. The van der Waals surface area contributed by atoms with Crippen LogP contribution in [0.25, 0.3) is 0 Å². The fraction of sp³-hybridized carbons (Fsp3) is 0.727. The molecule has 2 saturated carbocycles. The van der Waals surface area contributed by atoms with Crippen molar-refractivity contribution in [2.24, 2.45) is 22.7 Å². The van der Waals surface area contributed by atoms with Gasteiger partial charge in [-0.2, -0.15) is 0 Å². The molecule has 0 N–H and O–H groups in total. The molecule has 0 aromatic carbocycles. The van der Waals surface area contributed by atoms with E-state index in [-0.39, 0.29) is 22.8 Å². The predicted molar refractivity (Wildman–Crippen MR) is 100 cm³/mol. The predicted octanol–water partition coefficient (Wildman–Crippen LogP) is 4.59. The summed E-state index contributed by atoms with van der Waals surface area (Å²) < 4.78 is 10.5. The Morgan fingerprint density at radius 2 is 2.15 bits per heavy atom. The standard InChI is InChI=1S/C22H32O4/c1-15-6-9-19-21(3,14-26-16(2)23)11-5-12-22(19,4)18(15)8-7-17-10-13-25-20(17)24/h10,18-19H,1,5-9,11-14H2,2-4H3/t18-,19+,21+,22+/m1/s1. The molecule has 0 spiro atoms. The Morgan fingerprint density at radius 1 is 1.38 bits per heavy atom. The third kappa shape index (κ3) is 3.47. The lowest BCUT2D eigenvalue weighted by atomic mass is 9.47. The fourth-order valence-electron chi connectivity index (χ4n) is 5.95. The van der Waals surface area contributed by atoms with Gasteiger partial charge >= 0.3 is 11.9 Å². The van der Waals surface area contributed by atoms with Crippen LogP contribution in [-0.4, -0.2) is 25.2 Å². The van der Waals surface area contributed by atoms with E-state index >= 15 is 0 Å². The number of rotatable bonds is 5. The van der Waals surface area contributed by atoms with Gasteiger partial charge < -0.3 is 9.47 Å². The second-order valence-corrected chi connectivity index (χ2v) is 8.96. The van der Waals surface area contributed by atoms with E-state index in [1.807, 2.05) is 6.08 Å². The number of ether oxygens (including phenoxy) is 2. The van der Waals surface area contributed by atoms with Gasteiger partial charge in [0.25, 0.3) is 0 Å². The minimum absolute atomic E-state index is 0.0309. The van der Waals surface area contributed by atoms with E-state index in [4.69, 9.17) is 9.47 Å². The summed E-state index contributed by atoms with van der Waals surface area (Å²) in [5.74, 6) is 0.578. The van der Waals surface area contributed by atoms with E-state index in [0.717, 1.165) is 44.1 Å². The minimum Gasteiger partial charge on any atom is -0.465 e. The summed E-state index contributed by atoms with van der Waals surface area (Å²) in [6, 6.07) is 0. The van der Waals surface area contributed by atoms with Crippen molar-refractivity contribution in [1.29, 1.82) is 0 Å². The average molecular weight is 360 g/mol. The molecule has 3 aliphatic rings. The molecule has 1 heterocycles. The van der Waals surface area contributed by atoms with Crippen LogP contribution >= 0.6 is 0 Å². The number of allylic oxidation sites excluding steroid dienone is 1. The number of carbonyl (C=O) groups excluding carboxylic acids is 2. The Morgan fingerprint density at radius 3 is 2.81 bits per heavy atom. The van der Waals surface area contributed by atoms with Crippen molar-refractivity contribution in [3.05, 3.63) is 23.8 Å². The second-order valence-electron chi connectivity index (χ2n) is 8.96. The number of esters is 2. The van der Waals surface area contributed by atoms with Gasteiger partial charge in [-0.25, -0.2) is 4.79 Å². The number of fused-ring (bicyclic) bond motifs is 1. The zero-order valence-electron chi connectivity index (χ0n) is 16.4. The first-order valence-electron chi connectivity index (χ1n) is 9.93. The van der Waals surface area contributed by atoms with Gasteiger partial charge in [0.15, 0.2) is 0 Å². The SMILES string of the molecule is C=C1CC[C@H]2[C@](C)(COC(C)=O)CCC[C@@]2(C)[C@@H]1CCC1=CCOC1=O. The molecule has 0 amide bonds. The molecule has 4 heteroatoms. The highest BCUT2D eigenvalue weighted by molar-refractivity contribution is 5.90. The van der Waals surface area contributed by atoms with E-state index in [9.17, 15) is 9.59 Å². The first kappa shape index (κ1) is 19.2. The maximum atomic E-state index is 11.8. The summed E-state index contributed by atoms with van der Waals surface area (Å²) in [6.45, 7) is 11.5. The first-order chi connectivity index (χ1) is 12.3. The topological polar surface area (TPSA) is 52.6 Å². The molecule has 144 valence electrons. The Labute approximate surface area is 157 Å². The normalized spacial score (nSPS) is 37.0. The highest BCUT2D eigenvalue weighted by atomic mass is 16.5. The van der Waals surface area contributed by atoms with Gasteiger partial charge in [-0.1, -0.05) is 32.4 Å². The molecule has 26 heavy (non-hydrogen) atoms. The summed E-state index contributed by atoms with van der Waals surface area (Å²) in [5.41, 5.74) is 2.34. The number of hydrogen-bond acceptors (Lipinski definition) is 4. The van der Waals surface area contributed by atoms with Crippen LogP contribution in [0.3, 0.4) is 0 Å². The molecule has 3 rings (SSSR count). The molecule has 4 nitrogen and oxygen atoms in total. The number of carbonyl (C=O) groups is 2. The molecule has 2 fully saturated rings. The van der Waals surface area contributed by atoms with Crippen molar-refractivity contribution >= 4 is 11.9 Å². The summed E-state index contributed by atoms with van der Waals surface area (Å²) >= 11 is 0. The summed E-state index contributed by atoms with van der Waals surface area (Å²) in [4.78, 5) is 23.2. The Kier molecular flexibility index (Phi) is 5.32. The van der Waals surface area contributed by atoms with Crippen LogP contribution in [0.1, 0.15) is 65.7 Å². The summed E-state index contributed by atoms with van der Waals surface area (Å²) in [7, 11) is 0. The van der Waals surface area contributed by atoms with Gasteiger partial charge in [0.1, 0.15) is 6.61 Å². The van der Waals surface area contributed by atoms with Gasteiger partial charge in [0.2, 0.25) is 0 Å². The molecule has 4 atom stereocenters. The molecular weight excluding hydrogens is 328 g/mol. The number of hydrogen-bond donors (Lipinski definition) is 0. The molecular formula is C22H32O4. The Bertz CT molecular complexity index is 634. The quantitative estimate of drug-likeness (QED) is 0.531. The van der Waals surface area contributed by atoms with Gasteiger partial charge in [0, 0.05) is 17.9 Å². The lowest BCUT2D eigenvalue weighted by molar-refractivity contribution is -0.152. The smallest absolute Gasteiger partial charge is 0.334 e. The van der Waals surface area contributed by atoms with E-state index in [1.165, 1.54) is 18.9 Å². The fourth-order valence-corrected chi connectivity index (χ4v) is 5.95. The Hall–Kier alpha value is -1.58. The van der Waals surface area contributed by atoms with E-state index < -0.39 is 0 Å². The zero-order valence-corrected chi connectivity index (χ0v) is 16.4. The molecule has 2 aliphatic carbocycles. The van der Waals surface area contributed by atoms with Crippen molar-refractivity contribution in [2.45, 2.75) is 65.7 Å². The van der Waals surface area contributed by atoms with E-state index in [0.29, 0.717) is 25.0 Å². The van der Waals surface area contributed by atoms with E-state index in [2.05, 4.69) is 20.4 Å². The van der Waals surface area contributed by atoms with Crippen LogP contribution < -0.4 is 0 Å². The third-order valence-electron chi connectivity index (χ3n) is 7.26. The van der Waals surface area contributed by atoms with Crippen LogP contribution in [0.2, 0.25) is 0 Å². The second kappa shape index (κ2) is 7.21. The molecule has 0 saturated heterocycles. The lowest BCUT2D eigenvalue weighted by Crippen LogP contribution is -2.52. The molecule has 0 aromatic heterocycles. The molecule has 1 aliphatic heterocycles. The van der Waals surface area contributed by atoms with Crippen LogP contribution in [0.4, 0.5) is 0 Å². The van der Waals surface area contributed by atoms with Crippen molar-refractivity contribution < 1.29 is 19.1 Å². The van der Waals surface area contributed by atoms with Crippen LogP contribution in [0, 0.1) is 22.7 Å². The Balaban J connectivity index is 1.78. The maximum absolute atomic E-state index is 11.8. The molecule has 0 unspecified atom stereocenters. The first-order valence-corrected chi connectivity index (χ1v) is 9.93. The van der Waals surface area contributed by atoms with Gasteiger partial charge in [-0.3, -0.25) is 4.79 Å². The van der Waals surface area contributed by atoms with Gasteiger partial charge in [-0.05, 0) is 61.9 Å². The van der Waals surface area contributed by atoms with Gasteiger partial charge in [0.05, 0.1) is 6.61 Å². The molecule has 0 aromatic rings. The van der Waals surface area contributed by atoms with Gasteiger partial charge in [-0.15, -0.1) is 0 Å². The summed E-state index contributed by atoms with van der Waals surface area (Å²) in [5, 5.41) is 0. The molecule has 0 bridgehead atoms. The average Bonchev–Trinajstić information content (AvgIpc) is 2.97. The largest absolute Gasteiger partial charge is 0.465 e. The lowest BCUT2D eigenvalue weighted by Gasteiger charge is -2.58. The monoisotopic (exact) mass is 360 g/mol. The van der Waals surface area contributed by atoms with Crippen LogP contribution in [0.15, 0.2) is 23.8 Å². The minimum atomic E-state index is -0.193. The van der Waals surface area contributed by atoms with Crippen molar-refractivity contribution in [3.63, 3.8) is 0 Å². The van der Waals surface area contributed by atoms with Crippen molar-refractivity contribution in [3.8, 4) is 0 Å². The van der Waals surface area contributed by atoms with Crippen molar-refractivity contribution in [1.82, 2.24) is 0 Å².